The highest BCUT2D eigenvalue weighted by molar-refractivity contribution is 6.25. The molecule has 2 bridgehead atoms. The Bertz CT molecular complexity index is 992. The summed E-state index contributed by atoms with van der Waals surface area (Å²) < 4.78 is 0. The van der Waals surface area contributed by atoms with Crippen molar-refractivity contribution in [2.45, 2.75) is 18.9 Å². The Hall–Kier alpha value is -2.71. The van der Waals surface area contributed by atoms with Crippen LogP contribution in [-0.4, -0.2) is 36.3 Å². The highest BCUT2D eigenvalue weighted by Gasteiger charge is 2.60. The largest absolute Gasteiger partial charge is 0.302 e. The Balaban J connectivity index is 1.66. The van der Waals surface area contributed by atoms with Crippen LogP contribution in [0.2, 0.25) is 0 Å². The van der Waals surface area contributed by atoms with E-state index in [1.807, 2.05) is 24.3 Å². The van der Waals surface area contributed by atoms with Crippen LogP contribution in [0.4, 0.5) is 5.69 Å². The number of imide groups is 1. The van der Waals surface area contributed by atoms with E-state index in [-0.39, 0.29) is 35.6 Å². The van der Waals surface area contributed by atoms with Crippen molar-refractivity contribution in [3.8, 4) is 6.07 Å². The third kappa shape index (κ3) is 1.88. The number of piperidine rings is 2. The number of benzene rings is 2. The van der Waals surface area contributed by atoms with Crippen LogP contribution >= 0.6 is 0 Å². The van der Waals surface area contributed by atoms with Gasteiger partial charge < -0.3 is 4.90 Å². The highest BCUT2D eigenvalue weighted by atomic mass is 16.2. The maximum atomic E-state index is 13.3. The van der Waals surface area contributed by atoms with Crippen LogP contribution in [-0.2, 0) is 9.59 Å². The number of amides is 2. The van der Waals surface area contributed by atoms with Gasteiger partial charge in [-0.3, -0.25) is 9.59 Å². The summed E-state index contributed by atoms with van der Waals surface area (Å²) in [5.41, 5.74) is 1.17. The van der Waals surface area contributed by atoms with Crippen LogP contribution in [0.25, 0.3) is 10.8 Å². The van der Waals surface area contributed by atoms with E-state index in [2.05, 4.69) is 18.0 Å². The normalized spacial score (nSPS) is 30.7. The topological polar surface area (TPSA) is 64.4 Å². The summed E-state index contributed by atoms with van der Waals surface area (Å²) in [6.45, 7) is 0.896. The first-order valence-electron chi connectivity index (χ1n) is 9.11. The van der Waals surface area contributed by atoms with E-state index in [4.69, 9.17) is 0 Å². The Kier molecular flexibility index (Phi) is 3.22. The molecule has 3 heterocycles. The average molecular weight is 345 g/mol. The molecule has 4 aliphatic rings. The molecule has 6 rings (SSSR count). The molecule has 0 spiro atoms. The molecule has 0 radical (unpaired) electrons. The third-order valence-electron chi connectivity index (χ3n) is 6.50. The molecule has 4 fully saturated rings. The number of nitriles is 1. The molecule has 3 aliphatic heterocycles. The molecular weight excluding hydrogens is 326 g/mol. The summed E-state index contributed by atoms with van der Waals surface area (Å²) in [5, 5.41) is 10.9. The van der Waals surface area contributed by atoms with E-state index in [0.29, 0.717) is 11.3 Å². The lowest BCUT2D eigenvalue weighted by atomic mass is 9.66. The van der Waals surface area contributed by atoms with Gasteiger partial charge in [0, 0.05) is 23.4 Å². The molecule has 5 heteroatoms. The van der Waals surface area contributed by atoms with Crippen molar-refractivity contribution in [3.05, 3.63) is 42.0 Å². The van der Waals surface area contributed by atoms with Gasteiger partial charge in [0.05, 0.1) is 29.2 Å². The van der Waals surface area contributed by atoms with Crippen molar-refractivity contribution >= 4 is 28.3 Å². The molecule has 5 nitrogen and oxygen atoms in total. The van der Waals surface area contributed by atoms with Gasteiger partial charge in [-0.05, 0) is 37.9 Å². The quantitative estimate of drug-likeness (QED) is 0.745. The maximum absolute atomic E-state index is 13.3. The van der Waals surface area contributed by atoms with Crippen molar-refractivity contribution < 1.29 is 9.59 Å². The van der Waals surface area contributed by atoms with Gasteiger partial charge in [-0.2, -0.15) is 5.26 Å². The average Bonchev–Trinajstić information content (AvgIpc) is 2.94. The summed E-state index contributed by atoms with van der Waals surface area (Å²) in [6.07, 6.45) is 2.01. The number of carbonyl (C=O) groups is 2. The van der Waals surface area contributed by atoms with E-state index >= 15 is 0 Å². The lowest BCUT2D eigenvalue weighted by molar-refractivity contribution is -0.132. The number of anilines is 1. The molecule has 4 unspecified atom stereocenters. The van der Waals surface area contributed by atoms with E-state index in [1.54, 1.807) is 12.1 Å². The minimum Gasteiger partial charge on any atom is -0.302 e. The molecule has 130 valence electrons. The fourth-order valence-electron chi connectivity index (χ4n) is 5.37. The maximum Gasteiger partial charge on any atom is 0.239 e. The Labute approximate surface area is 151 Å². The third-order valence-corrected chi connectivity index (χ3v) is 6.50. The first-order valence-corrected chi connectivity index (χ1v) is 9.11. The first kappa shape index (κ1) is 15.5. The SMILES string of the molecule is CN1CC2CCC1C1C(=O)N(c3ccc(C#N)c4ccccc34)C(=O)C21. The molecule has 2 amide bonds. The standard InChI is InChI=1S/C21H19N3O2/c1-23-11-13-7-9-17(23)19-18(13)20(25)24(21(19)26)16-8-6-12(10-22)14-4-2-3-5-15(14)16/h2-6,8,13,17-19H,7,9,11H2,1H3. The lowest BCUT2D eigenvalue weighted by Crippen LogP contribution is -2.56. The van der Waals surface area contributed by atoms with Gasteiger partial charge in [-0.15, -0.1) is 0 Å². The molecule has 2 aromatic carbocycles. The zero-order valence-electron chi connectivity index (χ0n) is 14.6. The number of hydrogen-bond acceptors (Lipinski definition) is 4. The van der Waals surface area contributed by atoms with Crippen molar-refractivity contribution in [2.75, 3.05) is 18.5 Å². The van der Waals surface area contributed by atoms with Gasteiger partial charge in [0.1, 0.15) is 0 Å². The molecule has 0 aromatic heterocycles. The number of rotatable bonds is 1. The van der Waals surface area contributed by atoms with Gasteiger partial charge in [0.2, 0.25) is 11.8 Å². The Morgan fingerprint density at radius 1 is 1.00 bits per heavy atom. The number of carbonyl (C=O) groups excluding carboxylic acids is 2. The molecule has 1 aliphatic carbocycles. The number of nitrogens with zero attached hydrogens (tertiary/aromatic N) is 3. The van der Waals surface area contributed by atoms with E-state index in [1.165, 1.54) is 4.90 Å². The summed E-state index contributed by atoms with van der Waals surface area (Å²) in [7, 11) is 2.06. The van der Waals surface area contributed by atoms with Crippen molar-refractivity contribution in [1.82, 2.24) is 4.90 Å². The predicted molar refractivity (Wildman–Crippen MR) is 97.3 cm³/mol. The fraction of sp³-hybridized carbons (Fsp3) is 0.381. The summed E-state index contributed by atoms with van der Waals surface area (Å²) in [4.78, 5) is 30.2. The summed E-state index contributed by atoms with van der Waals surface area (Å²) in [6, 6.07) is 13.3. The van der Waals surface area contributed by atoms with Crippen LogP contribution < -0.4 is 4.90 Å². The van der Waals surface area contributed by atoms with E-state index < -0.39 is 0 Å². The van der Waals surface area contributed by atoms with Gasteiger partial charge in [0.15, 0.2) is 0 Å². The monoisotopic (exact) mass is 345 g/mol. The second kappa shape index (κ2) is 5.39. The molecule has 1 saturated carbocycles. The molecular formula is C21H19N3O2. The van der Waals surface area contributed by atoms with Gasteiger partial charge in [-0.25, -0.2) is 4.90 Å². The van der Waals surface area contributed by atoms with Crippen molar-refractivity contribution in [1.29, 1.82) is 5.26 Å². The van der Waals surface area contributed by atoms with Crippen molar-refractivity contribution in [2.24, 2.45) is 17.8 Å². The van der Waals surface area contributed by atoms with E-state index in [0.717, 1.165) is 30.2 Å². The van der Waals surface area contributed by atoms with Crippen LogP contribution in [0.5, 0.6) is 0 Å². The zero-order chi connectivity index (χ0) is 18.0. The predicted octanol–water partition coefficient (Wildman–Crippen LogP) is 2.54. The zero-order valence-corrected chi connectivity index (χ0v) is 14.6. The smallest absolute Gasteiger partial charge is 0.239 e. The van der Waals surface area contributed by atoms with Gasteiger partial charge in [-0.1, -0.05) is 24.3 Å². The van der Waals surface area contributed by atoms with Crippen LogP contribution in [0.3, 0.4) is 0 Å². The summed E-state index contributed by atoms with van der Waals surface area (Å²) in [5.74, 6) is -0.281. The van der Waals surface area contributed by atoms with Crippen LogP contribution in [0.15, 0.2) is 36.4 Å². The molecule has 3 saturated heterocycles. The molecule has 2 aromatic rings. The lowest BCUT2D eigenvalue weighted by Gasteiger charge is -2.48. The minimum atomic E-state index is -0.227. The Morgan fingerprint density at radius 2 is 1.73 bits per heavy atom. The van der Waals surface area contributed by atoms with Crippen molar-refractivity contribution in [3.63, 3.8) is 0 Å². The second-order valence-electron chi connectivity index (χ2n) is 7.70. The van der Waals surface area contributed by atoms with E-state index in [9.17, 15) is 14.9 Å². The first-order chi connectivity index (χ1) is 12.6. The van der Waals surface area contributed by atoms with Gasteiger partial charge in [0.25, 0.3) is 0 Å². The molecule has 4 atom stereocenters. The van der Waals surface area contributed by atoms with Crippen LogP contribution in [0, 0.1) is 29.1 Å². The minimum absolute atomic E-state index is 0.0577. The Morgan fingerprint density at radius 3 is 2.46 bits per heavy atom. The number of fused-ring (bicyclic) bond motifs is 3. The van der Waals surface area contributed by atoms with Crippen LogP contribution in [0.1, 0.15) is 18.4 Å². The second-order valence-corrected chi connectivity index (χ2v) is 7.70. The van der Waals surface area contributed by atoms with Gasteiger partial charge >= 0.3 is 0 Å². The summed E-state index contributed by atoms with van der Waals surface area (Å²) >= 11 is 0. The fourth-order valence-corrected chi connectivity index (χ4v) is 5.37. The highest BCUT2D eigenvalue weighted by Crippen LogP contribution is 2.49. The number of hydrogen-bond donors (Lipinski definition) is 0. The molecule has 26 heavy (non-hydrogen) atoms. The molecule has 0 N–H and O–H groups in total.